The van der Waals surface area contributed by atoms with E-state index in [0.717, 1.165) is 6.54 Å². The molecule has 1 nitrogen and oxygen atoms in total. The van der Waals surface area contributed by atoms with E-state index in [0.29, 0.717) is 11.8 Å². The van der Waals surface area contributed by atoms with Crippen molar-refractivity contribution >= 4 is 0 Å². The lowest BCUT2D eigenvalue weighted by molar-refractivity contribution is 0.331. The molecule has 0 aromatic heterocycles. The van der Waals surface area contributed by atoms with Crippen LogP contribution < -0.4 is 0 Å². The lowest BCUT2D eigenvalue weighted by Gasteiger charge is -2.18. The highest BCUT2D eigenvalue weighted by Crippen LogP contribution is 2.24. The van der Waals surface area contributed by atoms with Crippen molar-refractivity contribution < 1.29 is 0 Å². The van der Waals surface area contributed by atoms with Crippen LogP contribution in [-0.4, -0.2) is 18.0 Å². The fourth-order valence-corrected chi connectivity index (χ4v) is 2.70. The number of hydrogen-bond acceptors (Lipinski definition) is 1. The van der Waals surface area contributed by atoms with Gasteiger partial charge in [0.25, 0.3) is 0 Å². The maximum absolute atomic E-state index is 2.59. The molecule has 0 amide bonds. The molecule has 0 unspecified atom stereocenters. The average molecular weight is 245 g/mol. The molecule has 1 aliphatic rings. The van der Waals surface area contributed by atoms with Gasteiger partial charge in [0.05, 0.1) is 0 Å². The van der Waals surface area contributed by atoms with E-state index in [1.807, 2.05) is 0 Å². The highest BCUT2D eigenvalue weighted by Gasteiger charge is 2.13. The minimum atomic E-state index is 0.626. The van der Waals surface area contributed by atoms with Gasteiger partial charge in [-0.05, 0) is 54.5 Å². The van der Waals surface area contributed by atoms with Crippen LogP contribution in [0.4, 0.5) is 0 Å². The third kappa shape index (κ3) is 3.35. The van der Waals surface area contributed by atoms with Crippen LogP contribution >= 0.6 is 0 Å². The second-order valence-corrected chi connectivity index (χ2v) is 6.30. The monoisotopic (exact) mass is 245 g/mol. The van der Waals surface area contributed by atoms with E-state index in [4.69, 9.17) is 0 Å². The summed E-state index contributed by atoms with van der Waals surface area (Å²) in [7, 11) is 0. The van der Waals surface area contributed by atoms with E-state index >= 15 is 0 Å². The van der Waals surface area contributed by atoms with E-state index in [-0.39, 0.29) is 0 Å². The Balaban J connectivity index is 2.21. The third-order valence-corrected chi connectivity index (χ3v) is 3.98. The second kappa shape index (κ2) is 5.88. The van der Waals surface area contributed by atoms with Gasteiger partial charge < -0.3 is 0 Å². The van der Waals surface area contributed by atoms with Gasteiger partial charge in [-0.2, -0.15) is 0 Å². The Labute approximate surface area is 112 Å². The van der Waals surface area contributed by atoms with Gasteiger partial charge in [0.2, 0.25) is 0 Å². The van der Waals surface area contributed by atoms with Crippen molar-refractivity contribution in [3.8, 4) is 0 Å². The molecule has 0 aliphatic carbocycles. The van der Waals surface area contributed by atoms with Gasteiger partial charge >= 0.3 is 0 Å². The van der Waals surface area contributed by atoms with Crippen molar-refractivity contribution in [1.29, 1.82) is 0 Å². The molecular formula is C17H27N. The van der Waals surface area contributed by atoms with Crippen molar-refractivity contribution in [2.24, 2.45) is 0 Å². The van der Waals surface area contributed by atoms with E-state index < -0.39 is 0 Å². The Morgan fingerprint density at radius 2 is 1.39 bits per heavy atom. The van der Waals surface area contributed by atoms with E-state index in [1.165, 1.54) is 42.6 Å². The Bertz CT molecular complexity index is 360. The average Bonchev–Trinajstić information content (AvgIpc) is 2.81. The summed E-state index contributed by atoms with van der Waals surface area (Å²) in [4.78, 5) is 2.59. The summed E-state index contributed by atoms with van der Waals surface area (Å²) in [6.07, 6.45) is 2.75. The summed E-state index contributed by atoms with van der Waals surface area (Å²) < 4.78 is 0. The molecule has 18 heavy (non-hydrogen) atoms. The smallest absolute Gasteiger partial charge is 0.0233 e. The van der Waals surface area contributed by atoms with Crippen molar-refractivity contribution in [2.75, 3.05) is 13.1 Å². The molecule has 100 valence electrons. The summed E-state index contributed by atoms with van der Waals surface area (Å²) in [6, 6.07) is 7.21. The fraction of sp³-hybridized carbons (Fsp3) is 0.647. The van der Waals surface area contributed by atoms with Crippen LogP contribution in [0.25, 0.3) is 0 Å². The molecule has 1 heterocycles. The molecule has 0 radical (unpaired) electrons. The Kier molecular flexibility index (Phi) is 4.45. The van der Waals surface area contributed by atoms with Crippen LogP contribution in [0.1, 0.15) is 69.1 Å². The molecule has 1 fully saturated rings. The maximum atomic E-state index is 2.59. The van der Waals surface area contributed by atoms with E-state index in [1.54, 1.807) is 0 Å². The quantitative estimate of drug-likeness (QED) is 0.753. The summed E-state index contributed by atoms with van der Waals surface area (Å²) in [5.41, 5.74) is 4.50. The van der Waals surface area contributed by atoms with E-state index in [9.17, 15) is 0 Å². The number of hydrogen-bond donors (Lipinski definition) is 0. The molecule has 1 aromatic carbocycles. The predicted molar refractivity (Wildman–Crippen MR) is 79.1 cm³/mol. The van der Waals surface area contributed by atoms with Crippen LogP contribution in [0.3, 0.4) is 0 Å². The summed E-state index contributed by atoms with van der Waals surface area (Å²) >= 11 is 0. The Hall–Kier alpha value is -0.820. The molecule has 1 saturated heterocycles. The zero-order valence-corrected chi connectivity index (χ0v) is 12.4. The SMILES string of the molecule is CC(C)c1cc(CN2CCCC2)cc(C(C)C)c1. The topological polar surface area (TPSA) is 3.24 Å². The summed E-state index contributed by atoms with van der Waals surface area (Å²) in [6.45, 7) is 12.9. The lowest BCUT2D eigenvalue weighted by Crippen LogP contribution is -2.18. The third-order valence-electron chi connectivity index (χ3n) is 3.98. The van der Waals surface area contributed by atoms with Crippen molar-refractivity contribution in [3.05, 3.63) is 34.9 Å². The number of rotatable bonds is 4. The zero-order valence-electron chi connectivity index (χ0n) is 12.4. The first-order chi connectivity index (χ1) is 8.56. The van der Waals surface area contributed by atoms with Crippen LogP contribution in [-0.2, 0) is 6.54 Å². The normalized spacial score (nSPS) is 17.0. The van der Waals surface area contributed by atoms with Crippen LogP contribution in [0.2, 0.25) is 0 Å². The number of likely N-dealkylation sites (tertiary alicyclic amines) is 1. The summed E-state index contributed by atoms with van der Waals surface area (Å²) in [5, 5.41) is 0. The van der Waals surface area contributed by atoms with Gasteiger partial charge in [0.1, 0.15) is 0 Å². The molecule has 2 rings (SSSR count). The number of benzene rings is 1. The lowest BCUT2D eigenvalue weighted by atomic mass is 9.93. The van der Waals surface area contributed by atoms with Crippen molar-refractivity contribution in [2.45, 2.75) is 58.9 Å². The van der Waals surface area contributed by atoms with Crippen molar-refractivity contribution in [3.63, 3.8) is 0 Å². The first kappa shape index (κ1) is 13.6. The van der Waals surface area contributed by atoms with Crippen molar-refractivity contribution in [1.82, 2.24) is 4.90 Å². The van der Waals surface area contributed by atoms with Gasteiger partial charge in [0, 0.05) is 6.54 Å². The minimum absolute atomic E-state index is 0.626. The van der Waals surface area contributed by atoms with Crippen LogP contribution in [0.15, 0.2) is 18.2 Å². The number of nitrogens with zero attached hydrogens (tertiary/aromatic N) is 1. The molecule has 0 atom stereocenters. The Morgan fingerprint density at radius 1 is 0.889 bits per heavy atom. The molecule has 1 aromatic rings. The maximum Gasteiger partial charge on any atom is 0.0233 e. The zero-order chi connectivity index (χ0) is 13.1. The summed E-state index contributed by atoms with van der Waals surface area (Å²) in [5.74, 6) is 1.25. The van der Waals surface area contributed by atoms with Crippen LogP contribution in [0, 0.1) is 0 Å². The molecule has 0 spiro atoms. The Morgan fingerprint density at radius 3 is 1.83 bits per heavy atom. The molecule has 0 saturated carbocycles. The van der Waals surface area contributed by atoms with Gasteiger partial charge in [-0.3, -0.25) is 4.90 Å². The van der Waals surface area contributed by atoms with Gasteiger partial charge in [-0.15, -0.1) is 0 Å². The van der Waals surface area contributed by atoms with Gasteiger partial charge in [-0.25, -0.2) is 0 Å². The first-order valence-electron chi connectivity index (χ1n) is 7.42. The molecule has 1 aliphatic heterocycles. The highest BCUT2D eigenvalue weighted by molar-refractivity contribution is 5.33. The predicted octanol–water partition coefficient (Wildman–Crippen LogP) is 4.53. The minimum Gasteiger partial charge on any atom is -0.299 e. The molecule has 0 bridgehead atoms. The molecular weight excluding hydrogens is 218 g/mol. The highest BCUT2D eigenvalue weighted by atomic mass is 15.1. The van der Waals surface area contributed by atoms with Gasteiger partial charge in [0.15, 0.2) is 0 Å². The molecule has 0 N–H and O–H groups in total. The molecule has 1 heteroatoms. The largest absolute Gasteiger partial charge is 0.299 e. The fourth-order valence-electron chi connectivity index (χ4n) is 2.70. The first-order valence-corrected chi connectivity index (χ1v) is 7.42. The van der Waals surface area contributed by atoms with Crippen LogP contribution in [0.5, 0.6) is 0 Å². The van der Waals surface area contributed by atoms with E-state index in [2.05, 4.69) is 50.8 Å². The second-order valence-electron chi connectivity index (χ2n) is 6.30. The standard InChI is InChI=1S/C17H27N/c1-13(2)16-9-15(10-17(11-16)14(3)4)12-18-7-5-6-8-18/h9-11,13-14H,5-8,12H2,1-4H3. The van der Waals surface area contributed by atoms with Gasteiger partial charge in [-0.1, -0.05) is 45.9 Å².